The molecular formula is C13H15F2NOS. The molecule has 1 aliphatic heterocycles. The molecule has 0 bridgehead atoms. The standard InChI is InChI=1S/C13H15F2NOS/c1-3-13(2)7-12(16-17-13)18-8-9-10(14)5-4-6-11(9)15/h4-7,16H,3,8H2,1-2H3. The summed E-state index contributed by atoms with van der Waals surface area (Å²) in [4.78, 5) is 5.40. The molecule has 1 aliphatic rings. The lowest BCUT2D eigenvalue weighted by Gasteiger charge is -2.16. The fraction of sp³-hybridized carbons (Fsp3) is 0.385. The van der Waals surface area contributed by atoms with E-state index in [1.165, 1.54) is 30.0 Å². The maximum Gasteiger partial charge on any atom is 0.130 e. The van der Waals surface area contributed by atoms with E-state index in [1.54, 1.807) is 0 Å². The highest BCUT2D eigenvalue weighted by Crippen LogP contribution is 2.31. The van der Waals surface area contributed by atoms with Gasteiger partial charge < -0.3 is 0 Å². The molecule has 1 unspecified atom stereocenters. The van der Waals surface area contributed by atoms with E-state index < -0.39 is 11.6 Å². The second-order valence-corrected chi connectivity index (χ2v) is 5.38. The van der Waals surface area contributed by atoms with E-state index in [4.69, 9.17) is 4.84 Å². The second-order valence-electron chi connectivity index (χ2n) is 4.37. The van der Waals surface area contributed by atoms with E-state index >= 15 is 0 Å². The SMILES string of the molecule is CCC1(C)C=C(SCc2c(F)cccc2F)NO1. The van der Waals surface area contributed by atoms with Gasteiger partial charge in [-0.25, -0.2) is 8.78 Å². The molecule has 2 nitrogen and oxygen atoms in total. The van der Waals surface area contributed by atoms with E-state index in [9.17, 15) is 8.78 Å². The Hall–Kier alpha value is -1.07. The fourth-order valence-corrected chi connectivity index (χ4v) is 2.58. The number of halogens is 2. The Balaban J connectivity index is 2.03. The Morgan fingerprint density at radius 3 is 2.56 bits per heavy atom. The molecule has 0 amide bonds. The lowest BCUT2D eigenvalue weighted by atomic mass is 10.1. The maximum atomic E-state index is 13.4. The van der Waals surface area contributed by atoms with E-state index in [0.717, 1.165) is 11.4 Å². The molecule has 0 spiro atoms. The Kier molecular flexibility index (Phi) is 3.92. The molecule has 0 radical (unpaired) electrons. The van der Waals surface area contributed by atoms with Crippen LogP contribution in [-0.2, 0) is 10.6 Å². The van der Waals surface area contributed by atoms with Crippen molar-refractivity contribution >= 4 is 11.8 Å². The number of thioether (sulfide) groups is 1. The average molecular weight is 271 g/mol. The molecule has 1 atom stereocenters. The number of benzene rings is 1. The quantitative estimate of drug-likeness (QED) is 0.901. The Morgan fingerprint density at radius 2 is 2.00 bits per heavy atom. The summed E-state index contributed by atoms with van der Waals surface area (Å²) in [5, 5.41) is 0.794. The summed E-state index contributed by atoms with van der Waals surface area (Å²) in [7, 11) is 0. The summed E-state index contributed by atoms with van der Waals surface area (Å²) in [6, 6.07) is 3.90. The van der Waals surface area contributed by atoms with Gasteiger partial charge in [-0.1, -0.05) is 13.0 Å². The number of hydrogen-bond acceptors (Lipinski definition) is 3. The number of nitrogens with one attached hydrogen (secondary N) is 1. The van der Waals surface area contributed by atoms with Gasteiger partial charge in [0.2, 0.25) is 0 Å². The van der Waals surface area contributed by atoms with Crippen LogP contribution in [0.4, 0.5) is 8.78 Å². The van der Waals surface area contributed by atoms with Crippen molar-refractivity contribution in [1.29, 1.82) is 0 Å². The monoisotopic (exact) mass is 271 g/mol. The molecule has 0 saturated heterocycles. The molecule has 1 N–H and O–H groups in total. The topological polar surface area (TPSA) is 21.3 Å². The zero-order chi connectivity index (χ0) is 13.2. The molecule has 1 aromatic rings. The van der Waals surface area contributed by atoms with Crippen molar-refractivity contribution in [3.05, 3.63) is 46.5 Å². The second kappa shape index (κ2) is 5.28. The normalized spacial score (nSPS) is 22.8. The van der Waals surface area contributed by atoms with Gasteiger partial charge in [0.1, 0.15) is 17.2 Å². The summed E-state index contributed by atoms with van der Waals surface area (Å²) in [5.74, 6) is -0.791. The first-order valence-corrected chi connectivity index (χ1v) is 6.75. The van der Waals surface area contributed by atoms with Gasteiger partial charge in [-0.05, 0) is 31.6 Å². The van der Waals surface area contributed by atoms with Crippen LogP contribution in [0.1, 0.15) is 25.8 Å². The molecule has 0 fully saturated rings. The van der Waals surface area contributed by atoms with Gasteiger partial charge in [0.05, 0.1) is 5.03 Å². The molecule has 2 rings (SSSR count). The number of hydroxylamine groups is 1. The number of rotatable bonds is 4. The molecule has 98 valence electrons. The predicted molar refractivity (Wildman–Crippen MR) is 68.7 cm³/mol. The van der Waals surface area contributed by atoms with Gasteiger partial charge in [0.15, 0.2) is 0 Å². The minimum absolute atomic E-state index is 0.0929. The van der Waals surface area contributed by atoms with Gasteiger partial charge in [-0.3, -0.25) is 10.3 Å². The summed E-state index contributed by atoms with van der Waals surface area (Å²) < 4.78 is 26.8. The van der Waals surface area contributed by atoms with Crippen molar-refractivity contribution in [2.75, 3.05) is 0 Å². The molecule has 5 heteroatoms. The minimum atomic E-state index is -0.514. The Labute approximate surface area is 109 Å². The third-order valence-corrected chi connectivity index (χ3v) is 3.90. The van der Waals surface area contributed by atoms with Crippen LogP contribution in [0, 0.1) is 11.6 Å². The third kappa shape index (κ3) is 2.84. The first-order valence-electron chi connectivity index (χ1n) is 5.76. The summed E-state index contributed by atoms with van der Waals surface area (Å²) in [6.45, 7) is 3.97. The van der Waals surface area contributed by atoms with Crippen LogP contribution in [0.3, 0.4) is 0 Å². The summed E-state index contributed by atoms with van der Waals surface area (Å²) in [6.07, 6.45) is 2.77. The maximum absolute atomic E-state index is 13.4. The third-order valence-electron chi connectivity index (χ3n) is 2.96. The van der Waals surface area contributed by atoms with Crippen LogP contribution in [0.2, 0.25) is 0 Å². The van der Waals surface area contributed by atoms with Gasteiger partial charge in [0, 0.05) is 11.3 Å². The zero-order valence-electron chi connectivity index (χ0n) is 10.3. The van der Waals surface area contributed by atoms with Gasteiger partial charge >= 0.3 is 0 Å². The van der Waals surface area contributed by atoms with Crippen molar-refractivity contribution in [2.45, 2.75) is 31.6 Å². The van der Waals surface area contributed by atoms with Crippen LogP contribution in [0.15, 0.2) is 29.3 Å². The Morgan fingerprint density at radius 1 is 1.33 bits per heavy atom. The Bertz CT molecular complexity index is 458. The zero-order valence-corrected chi connectivity index (χ0v) is 11.1. The van der Waals surface area contributed by atoms with Crippen LogP contribution in [-0.4, -0.2) is 5.60 Å². The lowest BCUT2D eigenvalue weighted by molar-refractivity contribution is -0.0273. The van der Waals surface area contributed by atoms with E-state index in [0.29, 0.717) is 0 Å². The van der Waals surface area contributed by atoms with E-state index in [1.807, 2.05) is 19.9 Å². The molecule has 0 saturated carbocycles. The summed E-state index contributed by atoms with van der Waals surface area (Å²) in [5.41, 5.74) is 2.54. The lowest BCUT2D eigenvalue weighted by Crippen LogP contribution is -2.24. The van der Waals surface area contributed by atoms with Gasteiger partial charge in [-0.15, -0.1) is 11.8 Å². The molecule has 18 heavy (non-hydrogen) atoms. The van der Waals surface area contributed by atoms with Crippen molar-refractivity contribution in [3.63, 3.8) is 0 Å². The molecule has 1 heterocycles. The van der Waals surface area contributed by atoms with Gasteiger partial charge in [-0.2, -0.15) is 0 Å². The van der Waals surface area contributed by atoms with Crippen LogP contribution >= 0.6 is 11.8 Å². The minimum Gasteiger partial charge on any atom is -0.265 e. The predicted octanol–water partition coefficient (Wildman–Crippen LogP) is 3.74. The van der Waals surface area contributed by atoms with Crippen molar-refractivity contribution < 1.29 is 13.6 Å². The fourth-order valence-electron chi connectivity index (χ4n) is 1.57. The van der Waals surface area contributed by atoms with Gasteiger partial charge in [0.25, 0.3) is 0 Å². The van der Waals surface area contributed by atoms with Crippen LogP contribution in [0.25, 0.3) is 0 Å². The highest BCUT2D eigenvalue weighted by Gasteiger charge is 2.28. The molecule has 0 aromatic heterocycles. The molecular weight excluding hydrogens is 256 g/mol. The van der Waals surface area contributed by atoms with Crippen molar-refractivity contribution in [1.82, 2.24) is 5.48 Å². The van der Waals surface area contributed by atoms with Crippen LogP contribution < -0.4 is 5.48 Å². The average Bonchev–Trinajstić information content (AvgIpc) is 2.72. The highest BCUT2D eigenvalue weighted by atomic mass is 32.2. The summed E-state index contributed by atoms with van der Waals surface area (Å²) >= 11 is 1.33. The molecule has 1 aromatic carbocycles. The number of hydrogen-bond donors (Lipinski definition) is 1. The van der Waals surface area contributed by atoms with Crippen molar-refractivity contribution in [2.24, 2.45) is 0 Å². The van der Waals surface area contributed by atoms with Crippen LogP contribution in [0.5, 0.6) is 0 Å². The van der Waals surface area contributed by atoms with E-state index in [2.05, 4.69) is 5.48 Å². The first kappa shape index (κ1) is 13.4. The largest absolute Gasteiger partial charge is 0.265 e. The first-order chi connectivity index (χ1) is 8.54. The highest BCUT2D eigenvalue weighted by molar-refractivity contribution is 8.02. The van der Waals surface area contributed by atoms with Crippen molar-refractivity contribution in [3.8, 4) is 0 Å². The molecule has 0 aliphatic carbocycles. The van der Waals surface area contributed by atoms with E-state index in [-0.39, 0.29) is 16.9 Å². The smallest absolute Gasteiger partial charge is 0.130 e.